The van der Waals surface area contributed by atoms with Crippen molar-refractivity contribution < 1.29 is 8.94 Å². The molecule has 0 bridgehead atoms. The molecule has 1 nitrogen and oxygen atoms in total. The minimum absolute atomic E-state index is 0.326. The Morgan fingerprint density at radius 3 is 2.50 bits per heavy atom. The van der Waals surface area contributed by atoms with Crippen molar-refractivity contribution in [3.05, 3.63) is 22.2 Å². The summed E-state index contributed by atoms with van der Waals surface area (Å²) in [6, 6.07) is 0. The smallest absolute Gasteiger partial charge is 0.132 e. The standard InChI is InChI=1S/C5H6FOS/c1-4-2-5(6)3-8(4)7/h2-3,7H,1H3. The second kappa shape index (κ2) is 1.91. The van der Waals surface area contributed by atoms with Crippen molar-refractivity contribution in [2.24, 2.45) is 0 Å². The number of allylic oxidation sites excluding steroid dienone is 3. The molecule has 1 heterocycles. The molecular weight excluding hydrogens is 127 g/mol. The van der Waals surface area contributed by atoms with Crippen LogP contribution >= 0.6 is 11.2 Å². The van der Waals surface area contributed by atoms with Gasteiger partial charge in [0.1, 0.15) is 5.83 Å². The summed E-state index contributed by atoms with van der Waals surface area (Å²) < 4.78 is 20.9. The van der Waals surface area contributed by atoms with E-state index in [1.165, 1.54) is 11.5 Å². The SMILES string of the molecule is CC1=CC(F)=C[S]1O. The maximum absolute atomic E-state index is 12.1. The Kier molecular flexibility index (Phi) is 1.40. The number of hydrogen-bond donors (Lipinski definition) is 1. The lowest BCUT2D eigenvalue weighted by molar-refractivity contribution is 0.656. The van der Waals surface area contributed by atoms with Gasteiger partial charge in [-0.05, 0) is 24.2 Å². The maximum atomic E-state index is 12.1. The summed E-state index contributed by atoms with van der Waals surface area (Å²) in [6.07, 6.45) is 1.34. The van der Waals surface area contributed by atoms with Crippen LogP contribution in [0.25, 0.3) is 0 Å². The van der Waals surface area contributed by atoms with Gasteiger partial charge in [-0.3, -0.25) is 0 Å². The van der Waals surface area contributed by atoms with Gasteiger partial charge in [-0.25, -0.2) is 4.39 Å². The molecular formula is C5H6FOS. The normalized spacial score (nSPS) is 20.9. The molecule has 0 aromatic heterocycles. The summed E-state index contributed by atoms with van der Waals surface area (Å²) in [5.41, 5.74) is 0. The average molecular weight is 133 g/mol. The van der Waals surface area contributed by atoms with Gasteiger partial charge in [0, 0.05) is 10.3 Å². The fourth-order valence-electron chi connectivity index (χ4n) is 0.488. The third kappa shape index (κ3) is 0.928. The Labute approximate surface area is 50.1 Å². The molecule has 45 valence electrons. The van der Waals surface area contributed by atoms with Gasteiger partial charge in [0.25, 0.3) is 0 Å². The Hall–Kier alpha value is -0.280. The van der Waals surface area contributed by atoms with Crippen LogP contribution in [0.2, 0.25) is 0 Å². The topological polar surface area (TPSA) is 20.2 Å². The molecule has 0 aliphatic carbocycles. The lowest BCUT2D eigenvalue weighted by Gasteiger charge is -1.97. The van der Waals surface area contributed by atoms with E-state index in [2.05, 4.69) is 0 Å². The van der Waals surface area contributed by atoms with Gasteiger partial charge in [-0.2, -0.15) is 0 Å². The highest BCUT2D eigenvalue weighted by atomic mass is 32.2. The van der Waals surface area contributed by atoms with Crippen molar-refractivity contribution in [3.63, 3.8) is 0 Å². The van der Waals surface area contributed by atoms with Crippen LogP contribution in [0.4, 0.5) is 4.39 Å². The molecule has 1 aliphatic heterocycles. The number of hydrogen-bond acceptors (Lipinski definition) is 1. The van der Waals surface area contributed by atoms with E-state index in [0.29, 0.717) is 4.91 Å². The summed E-state index contributed by atoms with van der Waals surface area (Å²) in [4.78, 5) is 0.697. The van der Waals surface area contributed by atoms with E-state index in [1.54, 1.807) is 6.92 Å². The van der Waals surface area contributed by atoms with Gasteiger partial charge in [-0.1, -0.05) is 0 Å². The van der Waals surface area contributed by atoms with Crippen LogP contribution < -0.4 is 0 Å². The quantitative estimate of drug-likeness (QED) is 0.538. The van der Waals surface area contributed by atoms with Gasteiger partial charge in [-0.15, -0.1) is 0 Å². The highest BCUT2D eigenvalue weighted by molar-refractivity contribution is 8.18. The van der Waals surface area contributed by atoms with Gasteiger partial charge in [0.2, 0.25) is 0 Å². The zero-order valence-electron chi connectivity index (χ0n) is 4.39. The molecule has 1 rings (SSSR count). The molecule has 3 heteroatoms. The molecule has 1 aliphatic rings. The van der Waals surface area contributed by atoms with Gasteiger partial charge < -0.3 is 4.55 Å². The van der Waals surface area contributed by atoms with Crippen molar-refractivity contribution in [3.8, 4) is 0 Å². The van der Waals surface area contributed by atoms with E-state index in [9.17, 15) is 4.39 Å². The summed E-state index contributed by atoms with van der Waals surface area (Å²) in [5.74, 6) is -0.326. The predicted molar refractivity (Wildman–Crippen MR) is 33.2 cm³/mol. The predicted octanol–water partition coefficient (Wildman–Crippen LogP) is 2.46. The molecule has 0 atom stereocenters. The fraction of sp³-hybridized carbons (Fsp3) is 0.200. The molecule has 1 N–H and O–H groups in total. The minimum Gasteiger partial charge on any atom is -0.333 e. The molecule has 0 unspecified atom stereocenters. The van der Waals surface area contributed by atoms with Crippen molar-refractivity contribution >= 4 is 11.2 Å². The van der Waals surface area contributed by atoms with E-state index < -0.39 is 11.2 Å². The average Bonchev–Trinajstić information content (AvgIpc) is 1.85. The first-order valence-corrected chi connectivity index (χ1v) is 3.42. The molecule has 0 aromatic carbocycles. The zero-order valence-corrected chi connectivity index (χ0v) is 5.20. The molecule has 0 spiro atoms. The Balaban J connectivity index is 2.78. The maximum Gasteiger partial charge on any atom is 0.132 e. The second-order valence-corrected chi connectivity index (χ2v) is 3.08. The molecule has 0 aromatic rings. The van der Waals surface area contributed by atoms with Crippen molar-refractivity contribution in [1.29, 1.82) is 0 Å². The monoisotopic (exact) mass is 133 g/mol. The zero-order chi connectivity index (χ0) is 6.15. The Morgan fingerprint density at radius 2 is 2.38 bits per heavy atom. The molecule has 0 fully saturated rings. The molecule has 0 saturated carbocycles. The van der Waals surface area contributed by atoms with Crippen LogP contribution in [0.3, 0.4) is 0 Å². The minimum atomic E-state index is -0.924. The lowest BCUT2D eigenvalue weighted by Crippen LogP contribution is -1.66. The number of halogens is 1. The van der Waals surface area contributed by atoms with Crippen LogP contribution in [0.5, 0.6) is 0 Å². The lowest BCUT2D eigenvalue weighted by atomic mass is 10.5. The van der Waals surface area contributed by atoms with E-state index in [4.69, 9.17) is 4.55 Å². The highest BCUT2D eigenvalue weighted by Crippen LogP contribution is 2.39. The summed E-state index contributed by atoms with van der Waals surface area (Å²) in [6.45, 7) is 1.70. The first-order valence-electron chi connectivity index (χ1n) is 2.18. The van der Waals surface area contributed by atoms with Gasteiger partial charge >= 0.3 is 0 Å². The number of rotatable bonds is 0. The molecule has 1 radical (unpaired) electrons. The van der Waals surface area contributed by atoms with E-state index in [-0.39, 0.29) is 5.83 Å². The summed E-state index contributed by atoms with van der Waals surface area (Å²) in [7, 11) is 0. The first-order chi connectivity index (χ1) is 3.70. The van der Waals surface area contributed by atoms with Crippen LogP contribution in [0.1, 0.15) is 6.92 Å². The fourth-order valence-corrected chi connectivity index (χ4v) is 1.19. The Morgan fingerprint density at radius 1 is 1.75 bits per heavy atom. The highest BCUT2D eigenvalue weighted by Gasteiger charge is 2.09. The third-order valence-corrected chi connectivity index (χ3v) is 2.12. The van der Waals surface area contributed by atoms with Crippen molar-refractivity contribution in [2.75, 3.05) is 0 Å². The molecule has 0 saturated heterocycles. The van der Waals surface area contributed by atoms with Gasteiger partial charge in [0.05, 0.1) is 0 Å². The van der Waals surface area contributed by atoms with E-state index >= 15 is 0 Å². The Bertz CT molecular complexity index is 162. The van der Waals surface area contributed by atoms with Crippen LogP contribution in [0, 0.1) is 0 Å². The summed E-state index contributed by atoms with van der Waals surface area (Å²) >= 11 is -0.924. The summed E-state index contributed by atoms with van der Waals surface area (Å²) in [5, 5.41) is 1.20. The van der Waals surface area contributed by atoms with Crippen molar-refractivity contribution in [1.82, 2.24) is 0 Å². The van der Waals surface area contributed by atoms with Crippen LogP contribution in [-0.2, 0) is 0 Å². The van der Waals surface area contributed by atoms with Crippen LogP contribution in [0.15, 0.2) is 22.2 Å². The van der Waals surface area contributed by atoms with Crippen LogP contribution in [-0.4, -0.2) is 4.55 Å². The molecule has 0 amide bonds. The largest absolute Gasteiger partial charge is 0.333 e. The first kappa shape index (κ1) is 5.85. The molecule has 8 heavy (non-hydrogen) atoms. The van der Waals surface area contributed by atoms with E-state index in [0.717, 1.165) is 0 Å². The van der Waals surface area contributed by atoms with Gasteiger partial charge in [0.15, 0.2) is 0 Å². The second-order valence-electron chi connectivity index (χ2n) is 1.57. The van der Waals surface area contributed by atoms with Crippen molar-refractivity contribution in [2.45, 2.75) is 6.92 Å². The third-order valence-electron chi connectivity index (χ3n) is 0.895. The van der Waals surface area contributed by atoms with E-state index in [1.807, 2.05) is 0 Å².